The van der Waals surface area contributed by atoms with E-state index in [4.69, 9.17) is 14.2 Å². The van der Waals surface area contributed by atoms with Gasteiger partial charge < -0.3 is 19.5 Å². The van der Waals surface area contributed by atoms with Crippen molar-refractivity contribution < 1.29 is 14.2 Å². The Morgan fingerprint density at radius 2 is 2.05 bits per heavy atom. The molecule has 1 N–H and O–H groups in total. The van der Waals surface area contributed by atoms with Gasteiger partial charge in [0.15, 0.2) is 0 Å². The summed E-state index contributed by atoms with van der Waals surface area (Å²) < 4.78 is 16.8. The van der Waals surface area contributed by atoms with E-state index >= 15 is 0 Å². The van der Waals surface area contributed by atoms with Crippen molar-refractivity contribution in [3.63, 3.8) is 0 Å². The van der Waals surface area contributed by atoms with E-state index in [0.717, 1.165) is 18.1 Å². The second-order valence-electron chi connectivity index (χ2n) is 5.46. The molecule has 1 aromatic carbocycles. The maximum atomic E-state index is 5.80. The Morgan fingerprint density at radius 3 is 2.74 bits per heavy atom. The van der Waals surface area contributed by atoms with Gasteiger partial charge in [0.2, 0.25) is 0 Å². The SMILES string of the molecule is CCOc1cccc(OCC2COCC(C)(C)N2)c1. The largest absolute Gasteiger partial charge is 0.494 e. The molecular formula is C15H23NO3. The van der Waals surface area contributed by atoms with Crippen LogP contribution in [0.2, 0.25) is 0 Å². The van der Waals surface area contributed by atoms with Crippen LogP contribution in [0, 0.1) is 0 Å². The molecule has 4 heteroatoms. The molecule has 0 amide bonds. The predicted molar refractivity (Wildman–Crippen MR) is 74.9 cm³/mol. The Balaban J connectivity index is 1.86. The molecule has 106 valence electrons. The maximum absolute atomic E-state index is 5.80. The van der Waals surface area contributed by atoms with Gasteiger partial charge in [-0.25, -0.2) is 0 Å². The molecule has 1 aliphatic rings. The Labute approximate surface area is 115 Å². The number of nitrogens with one attached hydrogen (secondary N) is 1. The molecule has 0 saturated carbocycles. The van der Waals surface area contributed by atoms with Gasteiger partial charge in [0.05, 0.1) is 25.9 Å². The molecule has 1 aliphatic heterocycles. The minimum absolute atomic E-state index is 0.0133. The first-order valence-corrected chi connectivity index (χ1v) is 6.80. The number of hydrogen-bond acceptors (Lipinski definition) is 4. The standard InChI is InChI=1S/C15H23NO3/c1-4-18-13-6-5-7-14(8-13)19-10-12-9-17-11-15(2,3)16-12/h5-8,12,16H,4,9-11H2,1-3H3. The fourth-order valence-corrected chi connectivity index (χ4v) is 2.20. The summed E-state index contributed by atoms with van der Waals surface area (Å²) in [7, 11) is 0. The summed E-state index contributed by atoms with van der Waals surface area (Å²) in [4.78, 5) is 0. The van der Waals surface area contributed by atoms with Crippen LogP contribution in [0.15, 0.2) is 24.3 Å². The summed E-state index contributed by atoms with van der Waals surface area (Å²) in [5.41, 5.74) is 0.0133. The molecule has 0 spiro atoms. The van der Waals surface area contributed by atoms with Crippen molar-refractivity contribution in [2.24, 2.45) is 0 Å². The third kappa shape index (κ3) is 4.40. The van der Waals surface area contributed by atoms with Crippen LogP contribution in [0.25, 0.3) is 0 Å². The summed E-state index contributed by atoms with van der Waals surface area (Å²) in [5, 5.41) is 3.52. The average molecular weight is 265 g/mol. The van der Waals surface area contributed by atoms with Gasteiger partial charge in [-0.05, 0) is 32.9 Å². The first-order valence-electron chi connectivity index (χ1n) is 6.80. The summed E-state index contributed by atoms with van der Waals surface area (Å²) in [6.07, 6.45) is 0. The van der Waals surface area contributed by atoms with Crippen LogP contribution in [0.4, 0.5) is 0 Å². The lowest BCUT2D eigenvalue weighted by atomic mass is 10.0. The molecule has 1 atom stereocenters. The number of rotatable bonds is 5. The Kier molecular flexibility index (Phi) is 4.66. The maximum Gasteiger partial charge on any atom is 0.123 e. The number of ether oxygens (including phenoxy) is 3. The van der Waals surface area contributed by atoms with Crippen molar-refractivity contribution in [2.45, 2.75) is 32.4 Å². The highest BCUT2D eigenvalue weighted by molar-refractivity contribution is 5.32. The first kappa shape index (κ1) is 14.2. The third-order valence-electron chi connectivity index (χ3n) is 2.94. The van der Waals surface area contributed by atoms with Crippen molar-refractivity contribution in [3.05, 3.63) is 24.3 Å². The van der Waals surface area contributed by atoms with Gasteiger partial charge >= 0.3 is 0 Å². The molecule has 1 saturated heterocycles. The van der Waals surface area contributed by atoms with E-state index in [-0.39, 0.29) is 11.6 Å². The summed E-state index contributed by atoms with van der Waals surface area (Å²) >= 11 is 0. The fourth-order valence-electron chi connectivity index (χ4n) is 2.20. The number of morpholine rings is 1. The normalized spacial score (nSPS) is 21.9. The van der Waals surface area contributed by atoms with Crippen LogP contribution in [-0.2, 0) is 4.74 Å². The first-order chi connectivity index (χ1) is 9.09. The second-order valence-corrected chi connectivity index (χ2v) is 5.46. The molecule has 1 aromatic rings. The fraction of sp³-hybridized carbons (Fsp3) is 0.600. The van der Waals surface area contributed by atoms with E-state index < -0.39 is 0 Å². The zero-order valence-electron chi connectivity index (χ0n) is 11.9. The minimum atomic E-state index is 0.0133. The monoisotopic (exact) mass is 265 g/mol. The molecule has 0 aromatic heterocycles. The van der Waals surface area contributed by atoms with E-state index in [1.54, 1.807) is 0 Å². The predicted octanol–water partition coefficient (Wildman–Crippen LogP) is 2.23. The second kappa shape index (κ2) is 6.26. The summed E-state index contributed by atoms with van der Waals surface area (Å²) in [5.74, 6) is 1.67. The van der Waals surface area contributed by atoms with Crippen molar-refractivity contribution >= 4 is 0 Å². The topological polar surface area (TPSA) is 39.7 Å². The highest BCUT2D eigenvalue weighted by Gasteiger charge is 2.27. The van der Waals surface area contributed by atoms with Crippen LogP contribution in [0.5, 0.6) is 11.5 Å². The Morgan fingerprint density at radius 1 is 1.32 bits per heavy atom. The van der Waals surface area contributed by atoms with E-state index in [2.05, 4.69) is 19.2 Å². The van der Waals surface area contributed by atoms with E-state index in [0.29, 0.717) is 19.8 Å². The van der Waals surface area contributed by atoms with Gasteiger partial charge in [0.1, 0.15) is 18.1 Å². The van der Waals surface area contributed by atoms with Crippen LogP contribution < -0.4 is 14.8 Å². The van der Waals surface area contributed by atoms with Crippen LogP contribution >= 0.6 is 0 Å². The van der Waals surface area contributed by atoms with E-state index in [1.165, 1.54) is 0 Å². The summed E-state index contributed by atoms with van der Waals surface area (Å²) in [6.45, 7) is 8.93. The zero-order chi connectivity index (χ0) is 13.7. The van der Waals surface area contributed by atoms with E-state index in [9.17, 15) is 0 Å². The molecule has 1 unspecified atom stereocenters. The number of benzene rings is 1. The number of hydrogen-bond donors (Lipinski definition) is 1. The van der Waals surface area contributed by atoms with Gasteiger partial charge in [-0.15, -0.1) is 0 Å². The molecule has 19 heavy (non-hydrogen) atoms. The van der Waals surface area contributed by atoms with Crippen molar-refractivity contribution in [1.29, 1.82) is 0 Å². The van der Waals surface area contributed by atoms with Gasteiger partial charge in [0, 0.05) is 11.6 Å². The zero-order valence-corrected chi connectivity index (χ0v) is 11.9. The Bertz CT molecular complexity index is 406. The molecule has 1 fully saturated rings. The van der Waals surface area contributed by atoms with Crippen LogP contribution in [0.3, 0.4) is 0 Å². The molecule has 0 aliphatic carbocycles. The van der Waals surface area contributed by atoms with Gasteiger partial charge in [-0.1, -0.05) is 6.07 Å². The lowest BCUT2D eigenvalue weighted by molar-refractivity contribution is 0.000928. The third-order valence-corrected chi connectivity index (χ3v) is 2.94. The van der Waals surface area contributed by atoms with Gasteiger partial charge in [-0.3, -0.25) is 0 Å². The van der Waals surface area contributed by atoms with Gasteiger partial charge in [-0.2, -0.15) is 0 Å². The molecule has 0 bridgehead atoms. The lowest BCUT2D eigenvalue weighted by Gasteiger charge is -2.36. The lowest BCUT2D eigenvalue weighted by Crippen LogP contribution is -2.57. The average Bonchev–Trinajstić information content (AvgIpc) is 2.36. The minimum Gasteiger partial charge on any atom is -0.494 e. The summed E-state index contributed by atoms with van der Waals surface area (Å²) in [6, 6.07) is 7.95. The molecule has 2 rings (SSSR count). The molecule has 0 radical (unpaired) electrons. The van der Waals surface area contributed by atoms with Crippen LogP contribution in [0.1, 0.15) is 20.8 Å². The van der Waals surface area contributed by atoms with Crippen molar-refractivity contribution in [3.8, 4) is 11.5 Å². The van der Waals surface area contributed by atoms with Crippen molar-refractivity contribution in [1.82, 2.24) is 5.32 Å². The van der Waals surface area contributed by atoms with Crippen LogP contribution in [-0.4, -0.2) is 38.0 Å². The smallest absolute Gasteiger partial charge is 0.123 e. The quantitative estimate of drug-likeness (QED) is 0.886. The highest BCUT2D eigenvalue weighted by atomic mass is 16.5. The molecule has 4 nitrogen and oxygen atoms in total. The van der Waals surface area contributed by atoms with Crippen molar-refractivity contribution in [2.75, 3.05) is 26.4 Å². The Hall–Kier alpha value is -1.26. The van der Waals surface area contributed by atoms with Gasteiger partial charge in [0.25, 0.3) is 0 Å². The van der Waals surface area contributed by atoms with E-state index in [1.807, 2.05) is 31.2 Å². The molecular weight excluding hydrogens is 242 g/mol. The highest BCUT2D eigenvalue weighted by Crippen LogP contribution is 2.20. The molecule has 1 heterocycles.